The number of aryl methyl sites for hydroxylation is 1. The highest BCUT2D eigenvalue weighted by atomic mass is 16.5. The minimum absolute atomic E-state index is 0.0905. The molecule has 0 bridgehead atoms. The van der Waals surface area contributed by atoms with E-state index in [2.05, 4.69) is 5.32 Å². The highest BCUT2D eigenvalue weighted by molar-refractivity contribution is 5.88. The molecule has 0 aliphatic rings. The quantitative estimate of drug-likeness (QED) is 0.773. The molecule has 156 valence electrons. The number of nitrogens with one attached hydrogen (secondary N) is 1. The lowest BCUT2D eigenvalue weighted by Gasteiger charge is -2.31. The number of carbonyl (C=O) groups is 2. The lowest BCUT2D eigenvalue weighted by molar-refractivity contribution is -0.140. The number of hydrogen-bond acceptors (Lipinski definition) is 3. The van der Waals surface area contributed by atoms with Gasteiger partial charge in [0.15, 0.2) is 0 Å². The van der Waals surface area contributed by atoms with Gasteiger partial charge < -0.3 is 15.0 Å². The summed E-state index contributed by atoms with van der Waals surface area (Å²) in [4.78, 5) is 27.6. The summed E-state index contributed by atoms with van der Waals surface area (Å²) in [6, 6.07) is 14.9. The molecule has 5 nitrogen and oxygen atoms in total. The van der Waals surface area contributed by atoms with Crippen molar-refractivity contribution in [2.75, 3.05) is 7.11 Å². The molecule has 0 fully saturated rings. The van der Waals surface area contributed by atoms with E-state index < -0.39 is 6.04 Å². The van der Waals surface area contributed by atoms with Gasteiger partial charge in [0.2, 0.25) is 11.8 Å². The molecule has 5 heteroatoms. The Morgan fingerprint density at radius 3 is 2.07 bits per heavy atom. The van der Waals surface area contributed by atoms with Gasteiger partial charge in [-0.2, -0.15) is 0 Å². The predicted molar refractivity (Wildman–Crippen MR) is 116 cm³/mol. The molecule has 1 N–H and O–H groups in total. The number of amides is 2. The van der Waals surface area contributed by atoms with Crippen LogP contribution in [0.2, 0.25) is 0 Å². The number of ether oxygens (including phenoxy) is 1. The van der Waals surface area contributed by atoms with Gasteiger partial charge in [0.25, 0.3) is 0 Å². The van der Waals surface area contributed by atoms with Crippen LogP contribution in [0.25, 0.3) is 0 Å². The Bertz CT molecular complexity index is 821. The Hall–Kier alpha value is -2.82. The fraction of sp³-hybridized carbons (Fsp3) is 0.417. The molecule has 0 radical (unpaired) electrons. The molecule has 29 heavy (non-hydrogen) atoms. The van der Waals surface area contributed by atoms with E-state index in [9.17, 15) is 9.59 Å². The molecule has 2 aromatic carbocycles. The molecule has 2 amide bonds. The van der Waals surface area contributed by atoms with Crippen LogP contribution in [-0.4, -0.2) is 35.4 Å². The maximum Gasteiger partial charge on any atom is 0.242 e. The molecule has 0 aliphatic carbocycles. The van der Waals surface area contributed by atoms with Crippen molar-refractivity contribution in [3.05, 3.63) is 65.2 Å². The topological polar surface area (TPSA) is 58.6 Å². The van der Waals surface area contributed by atoms with Crippen LogP contribution in [0.5, 0.6) is 5.75 Å². The summed E-state index contributed by atoms with van der Waals surface area (Å²) >= 11 is 0. The average molecular weight is 397 g/mol. The van der Waals surface area contributed by atoms with E-state index in [0.717, 1.165) is 22.4 Å². The molecule has 1 atom stereocenters. The summed E-state index contributed by atoms with van der Waals surface area (Å²) in [5.74, 6) is 0.496. The first-order chi connectivity index (χ1) is 13.6. The molecular formula is C24H32N2O3. The van der Waals surface area contributed by atoms with E-state index in [1.54, 1.807) is 18.9 Å². The molecule has 0 saturated heterocycles. The number of nitrogens with zero attached hydrogens (tertiary/aromatic N) is 1. The molecule has 0 unspecified atom stereocenters. The van der Waals surface area contributed by atoms with Crippen molar-refractivity contribution >= 4 is 11.8 Å². The third-order valence-corrected chi connectivity index (χ3v) is 4.65. The summed E-state index contributed by atoms with van der Waals surface area (Å²) in [5.41, 5.74) is 2.67. The molecule has 0 aromatic heterocycles. The van der Waals surface area contributed by atoms with E-state index in [0.29, 0.717) is 6.54 Å². The van der Waals surface area contributed by atoms with Crippen LogP contribution < -0.4 is 10.1 Å². The first-order valence-corrected chi connectivity index (χ1v) is 9.89. The molecule has 0 spiro atoms. The predicted octanol–water partition coefficient (Wildman–Crippen LogP) is 3.88. The van der Waals surface area contributed by atoms with Crippen LogP contribution in [0.4, 0.5) is 0 Å². The minimum Gasteiger partial charge on any atom is -0.497 e. The smallest absolute Gasteiger partial charge is 0.242 e. The fourth-order valence-electron chi connectivity index (χ4n) is 2.97. The molecule has 0 saturated carbocycles. The summed E-state index contributed by atoms with van der Waals surface area (Å²) in [7, 11) is 1.61. The van der Waals surface area contributed by atoms with Crippen LogP contribution in [0.15, 0.2) is 48.5 Å². The van der Waals surface area contributed by atoms with Crippen molar-refractivity contribution in [3.63, 3.8) is 0 Å². The molecular weight excluding hydrogens is 364 g/mol. The number of methoxy groups -OCH3 is 1. The standard InChI is InChI=1S/C24H32N2O3/c1-17-7-9-20(10-8-17)16-26(18(2)23(28)25-24(3,4)5)22(27)15-19-11-13-21(29-6)14-12-19/h7-14,18H,15-16H2,1-6H3,(H,25,28)/t18-/m1/s1. The summed E-state index contributed by atoms with van der Waals surface area (Å²) in [6.07, 6.45) is 0.225. The highest BCUT2D eigenvalue weighted by Crippen LogP contribution is 2.16. The van der Waals surface area contributed by atoms with Gasteiger partial charge in [0.1, 0.15) is 11.8 Å². The molecule has 2 aromatic rings. The van der Waals surface area contributed by atoms with Crippen molar-refractivity contribution in [1.82, 2.24) is 10.2 Å². The van der Waals surface area contributed by atoms with E-state index in [-0.39, 0.29) is 23.8 Å². The van der Waals surface area contributed by atoms with Crippen LogP contribution in [0, 0.1) is 6.92 Å². The minimum atomic E-state index is -0.582. The monoisotopic (exact) mass is 396 g/mol. The Kier molecular flexibility index (Phi) is 7.43. The Morgan fingerprint density at radius 1 is 1.00 bits per heavy atom. The summed E-state index contributed by atoms with van der Waals surface area (Å²) < 4.78 is 5.18. The van der Waals surface area contributed by atoms with Crippen LogP contribution in [-0.2, 0) is 22.6 Å². The maximum absolute atomic E-state index is 13.2. The second kappa shape index (κ2) is 9.59. The van der Waals surface area contributed by atoms with Gasteiger partial charge in [-0.1, -0.05) is 42.0 Å². The van der Waals surface area contributed by atoms with Gasteiger partial charge in [-0.05, 0) is 57.9 Å². The summed E-state index contributed by atoms with van der Waals surface area (Å²) in [6.45, 7) is 9.98. The zero-order valence-corrected chi connectivity index (χ0v) is 18.3. The van der Waals surface area contributed by atoms with Crippen LogP contribution >= 0.6 is 0 Å². The second-order valence-corrected chi connectivity index (χ2v) is 8.45. The number of rotatable bonds is 7. The van der Waals surface area contributed by atoms with E-state index in [4.69, 9.17) is 4.74 Å². The third-order valence-electron chi connectivity index (χ3n) is 4.65. The number of benzene rings is 2. The average Bonchev–Trinajstić information content (AvgIpc) is 2.66. The SMILES string of the molecule is COc1ccc(CC(=O)N(Cc2ccc(C)cc2)[C@H](C)C(=O)NC(C)(C)C)cc1. The largest absolute Gasteiger partial charge is 0.497 e. The van der Waals surface area contributed by atoms with Gasteiger partial charge in [-0.3, -0.25) is 9.59 Å². The van der Waals surface area contributed by atoms with Gasteiger partial charge >= 0.3 is 0 Å². The molecule has 2 rings (SSSR count). The van der Waals surface area contributed by atoms with E-state index >= 15 is 0 Å². The third kappa shape index (κ3) is 6.93. The molecule has 0 heterocycles. The van der Waals surface area contributed by atoms with E-state index in [1.807, 2.05) is 76.2 Å². The van der Waals surface area contributed by atoms with Gasteiger partial charge in [0.05, 0.1) is 13.5 Å². The normalized spacial score (nSPS) is 12.2. The Morgan fingerprint density at radius 2 is 1.55 bits per heavy atom. The lowest BCUT2D eigenvalue weighted by Crippen LogP contribution is -2.52. The highest BCUT2D eigenvalue weighted by Gasteiger charge is 2.28. The van der Waals surface area contributed by atoms with Crippen molar-refractivity contribution in [2.24, 2.45) is 0 Å². The van der Waals surface area contributed by atoms with Crippen molar-refractivity contribution in [2.45, 2.75) is 59.2 Å². The second-order valence-electron chi connectivity index (χ2n) is 8.45. The summed E-state index contributed by atoms with van der Waals surface area (Å²) in [5, 5.41) is 2.98. The Labute approximate surface area is 174 Å². The van der Waals surface area contributed by atoms with Crippen molar-refractivity contribution in [3.8, 4) is 5.75 Å². The zero-order chi connectivity index (χ0) is 21.6. The lowest BCUT2D eigenvalue weighted by atomic mass is 10.1. The van der Waals surface area contributed by atoms with Crippen molar-refractivity contribution in [1.29, 1.82) is 0 Å². The Balaban J connectivity index is 2.22. The van der Waals surface area contributed by atoms with Gasteiger partial charge in [-0.15, -0.1) is 0 Å². The van der Waals surface area contributed by atoms with Gasteiger partial charge in [-0.25, -0.2) is 0 Å². The zero-order valence-electron chi connectivity index (χ0n) is 18.3. The fourth-order valence-corrected chi connectivity index (χ4v) is 2.97. The first-order valence-electron chi connectivity index (χ1n) is 9.89. The number of carbonyl (C=O) groups excluding carboxylic acids is 2. The maximum atomic E-state index is 13.2. The first kappa shape index (κ1) is 22.5. The van der Waals surface area contributed by atoms with Crippen LogP contribution in [0.3, 0.4) is 0 Å². The van der Waals surface area contributed by atoms with E-state index in [1.165, 1.54) is 0 Å². The van der Waals surface area contributed by atoms with Crippen LogP contribution in [0.1, 0.15) is 44.4 Å². The molecule has 0 aliphatic heterocycles. The number of hydrogen-bond donors (Lipinski definition) is 1. The van der Waals surface area contributed by atoms with Gasteiger partial charge in [0, 0.05) is 12.1 Å². The van der Waals surface area contributed by atoms with Crippen molar-refractivity contribution < 1.29 is 14.3 Å².